The summed E-state index contributed by atoms with van der Waals surface area (Å²) in [6.45, 7) is -0.934. The number of rotatable bonds is 3. The Hall–Kier alpha value is -2.07. The molecule has 7 heteroatoms. The highest BCUT2D eigenvalue weighted by molar-refractivity contribution is 5.94. The van der Waals surface area contributed by atoms with Crippen molar-refractivity contribution in [1.82, 2.24) is 4.90 Å². The van der Waals surface area contributed by atoms with Crippen molar-refractivity contribution in [1.29, 1.82) is 0 Å². The van der Waals surface area contributed by atoms with Crippen molar-refractivity contribution in [3.63, 3.8) is 0 Å². The van der Waals surface area contributed by atoms with Crippen LogP contribution in [0.2, 0.25) is 0 Å². The van der Waals surface area contributed by atoms with Crippen molar-refractivity contribution >= 4 is 5.91 Å². The van der Waals surface area contributed by atoms with E-state index in [1.807, 2.05) is 0 Å². The van der Waals surface area contributed by atoms with Gasteiger partial charge in [-0.2, -0.15) is 13.2 Å². The summed E-state index contributed by atoms with van der Waals surface area (Å²) >= 11 is 0. The lowest BCUT2D eigenvalue weighted by Gasteiger charge is -2.18. The van der Waals surface area contributed by atoms with Gasteiger partial charge in [0.1, 0.15) is 12.4 Å². The van der Waals surface area contributed by atoms with E-state index in [1.54, 1.807) is 0 Å². The predicted octanol–water partition coefficient (Wildman–Crippen LogP) is 2.19. The third kappa shape index (κ3) is 5.44. The molecule has 0 bridgehead atoms. The topological polar surface area (TPSA) is 40.5 Å². The van der Waals surface area contributed by atoms with Crippen LogP contribution in [0, 0.1) is 17.7 Å². The SMILES string of the molecule is CN(CCC(F)(F)F)C(=O)c1ccc(C#CCO)cc1F. The molecule has 0 atom stereocenters. The molecule has 1 N–H and O–H groups in total. The van der Waals surface area contributed by atoms with Gasteiger partial charge in [-0.1, -0.05) is 11.8 Å². The number of alkyl halides is 3. The first-order valence-corrected chi connectivity index (χ1v) is 5.96. The lowest BCUT2D eigenvalue weighted by molar-refractivity contribution is -0.136. The average molecular weight is 303 g/mol. The Morgan fingerprint density at radius 3 is 2.57 bits per heavy atom. The molecule has 0 aromatic heterocycles. The first-order chi connectivity index (χ1) is 9.74. The molecule has 0 aliphatic heterocycles. The van der Waals surface area contributed by atoms with Crippen molar-refractivity contribution in [2.75, 3.05) is 20.2 Å². The molecule has 1 aromatic rings. The number of benzene rings is 1. The highest BCUT2D eigenvalue weighted by Crippen LogP contribution is 2.20. The van der Waals surface area contributed by atoms with Gasteiger partial charge in [-0.3, -0.25) is 4.79 Å². The molecule has 0 fully saturated rings. The fraction of sp³-hybridized carbons (Fsp3) is 0.357. The van der Waals surface area contributed by atoms with Gasteiger partial charge in [-0.05, 0) is 18.2 Å². The zero-order valence-corrected chi connectivity index (χ0v) is 11.2. The van der Waals surface area contributed by atoms with Crippen LogP contribution in [-0.4, -0.2) is 42.3 Å². The molecule has 1 rings (SSSR count). The maximum Gasteiger partial charge on any atom is 0.390 e. The fourth-order valence-electron chi connectivity index (χ4n) is 1.51. The van der Waals surface area contributed by atoms with Gasteiger partial charge < -0.3 is 10.0 Å². The Morgan fingerprint density at radius 1 is 1.38 bits per heavy atom. The summed E-state index contributed by atoms with van der Waals surface area (Å²) in [5.41, 5.74) is -0.0646. The van der Waals surface area contributed by atoms with Crippen molar-refractivity contribution in [2.45, 2.75) is 12.6 Å². The summed E-state index contributed by atoms with van der Waals surface area (Å²) in [6.07, 6.45) is -5.53. The zero-order valence-electron chi connectivity index (χ0n) is 11.2. The van der Waals surface area contributed by atoms with Crippen molar-refractivity contribution in [2.24, 2.45) is 0 Å². The number of nitrogens with zero attached hydrogens (tertiary/aromatic N) is 1. The van der Waals surface area contributed by atoms with Crippen LogP contribution in [0.5, 0.6) is 0 Å². The molecule has 0 spiro atoms. The lowest BCUT2D eigenvalue weighted by Crippen LogP contribution is -2.31. The Kier molecular flexibility index (Phi) is 5.73. The largest absolute Gasteiger partial charge is 0.390 e. The Balaban J connectivity index is 2.83. The van der Waals surface area contributed by atoms with Crippen LogP contribution in [0.3, 0.4) is 0 Å². The van der Waals surface area contributed by atoms with Crippen LogP contribution in [0.1, 0.15) is 22.3 Å². The lowest BCUT2D eigenvalue weighted by atomic mass is 10.1. The number of carbonyl (C=O) groups excluding carboxylic acids is 1. The molecule has 1 amide bonds. The summed E-state index contributed by atoms with van der Waals surface area (Å²) in [6, 6.07) is 3.51. The molecule has 0 saturated carbocycles. The van der Waals surface area contributed by atoms with Crippen LogP contribution < -0.4 is 0 Å². The first-order valence-electron chi connectivity index (χ1n) is 5.96. The van der Waals surface area contributed by atoms with Gasteiger partial charge in [0.2, 0.25) is 0 Å². The number of hydrogen-bond acceptors (Lipinski definition) is 2. The highest BCUT2D eigenvalue weighted by atomic mass is 19.4. The minimum atomic E-state index is -4.38. The third-order valence-electron chi connectivity index (χ3n) is 2.59. The van der Waals surface area contributed by atoms with Crippen molar-refractivity contribution in [3.05, 3.63) is 35.1 Å². The average Bonchev–Trinajstić information content (AvgIpc) is 2.41. The fourth-order valence-corrected chi connectivity index (χ4v) is 1.51. The molecule has 0 radical (unpaired) electrons. The second-order valence-corrected chi connectivity index (χ2v) is 4.25. The molecule has 1 aromatic carbocycles. The molecule has 3 nitrogen and oxygen atoms in total. The van der Waals surface area contributed by atoms with Crippen LogP contribution >= 0.6 is 0 Å². The van der Waals surface area contributed by atoms with Gasteiger partial charge in [0.15, 0.2) is 0 Å². The summed E-state index contributed by atoms with van der Waals surface area (Å²) < 4.78 is 50.0. The van der Waals surface area contributed by atoms with E-state index < -0.39 is 30.9 Å². The molecule has 21 heavy (non-hydrogen) atoms. The molecule has 0 aliphatic rings. The van der Waals surface area contributed by atoms with Crippen LogP contribution in [0.4, 0.5) is 17.6 Å². The van der Waals surface area contributed by atoms with E-state index in [2.05, 4.69) is 11.8 Å². The second kappa shape index (κ2) is 7.09. The van der Waals surface area contributed by atoms with Gasteiger partial charge >= 0.3 is 6.18 Å². The molecule has 0 heterocycles. The molecule has 0 aliphatic carbocycles. The van der Waals surface area contributed by atoms with Crippen LogP contribution in [0.25, 0.3) is 0 Å². The summed E-state index contributed by atoms with van der Waals surface area (Å²) in [7, 11) is 1.17. The zero-order chi connectivity index (χ0) is 16.0. The van der Waals surface area contributed by atoms with Gasteiger partial charge in [0.25, 0.3) is 5.91 Å². The normalized spacial score (nSPS) is 10.8. The Labute approximate surface area is 119 Å². The number of amides is 1. The number of aliphatic hydroxyl groups is 1. The molecular weight excluding hydrogens is 290 g/mol. The minimum absolute atomic E-state index is 0.260. The van der Waals surface area contributed by atoms with E-state index in [-0.39, 0.29) is 17.7 Å². The first kappa shape index (κ1) is 17.0. The number of carbonyl (C=O) groups is 1. The quantitative estimate of drug-likeness (QED) is 0.687. The second-order valence-electron chi connectivity index (χ2n) is 4.25. The van der Waals surface area contributed by atoms with Gasteiger partial charge in [0.05, 0.1) is 12.0 Å². The molecule has 0 unspecified atom stereocenters. The summed E-state index contributed by atoms with van der Waals surface area (Å²) in [5, 5.41) is 8.52. The molecular formula is C14H13F4NO2. The van der Waals surface area contributed by atoms with E-state index in [0.29, 0.717) is 0 Å². The van der Waals surface area contributed by atoms with Crippen LogP contribution in [-0.2, 0) is 0 Å². The van der Waals surface area contributed by atoms with E-state index >= 15 is 0 Å². The van der Waals surface area contributed by atoms with Crippen LogP contribution in [0.15, 0.2) is 18.2 Å². The monoisotopic (exact) mass is 303 g/mol. The molecule has 114 valence electrons. The number of aliphatic hydroxyl groups excluding tert-OH is 1. The molecule has 0 saturated heterocycles. The Morgan fingerprint density at radius 2 is 2.05 bits per heavy atom. The van der Waals surface area contributed by atoms with E-state index in [4.69, 9.17) is 5.11 Å². The van der Waals surface area contributed by atoms with Gasteiger partial charge in [-0.15, -0.1) is 0 Å². The van der Waals surface area contributed by atoms with Gasteiger partial charge in [-0.25, -0.2) is 4.39 Å². The predicted molar refractivity (Wildman–Crippen MR) is 68.0 cm³/mol. The Bertz CT molecular complexity index is 573. The highest BCUT2D eigenvalue weighted by Gasteiger charge is 2.28. The van der Waals surface area contributed by atoms with E-state index in [1.165, 1.54) is 13.1 Å². The maximum atomic E-state index is 13.8. The van der Waals surface area contributed by atoms with E-state index in [0.717, 1.165) is 17.0 Å². The smallest absolute Gasteiger partial charge is 0.384 e. The van der Waals surface area contributed by atoms with E-state index in [9.17, 15) is 22.4 Å². The summed E-state index contributed by atoms with van der Waals surface area (Å²) in [4.78, 5) is 12.7. The van der Waals surface area contributed by atoms with Crippen molar-refractivity contribution in [3.8, 4) is 11.8 Å². The van der Waals surface area contributed by atoms with Gasteiger partial charge in [0, 0.05) is 19.2 Å². The summed E-state index contributed by atoms with van der Waals surface area (Å²) in [5.74, 6) is 3.07. The maximum absolute atomic E-state index is 13.8. The number of hydrogen-bond donors (Lipinski definition) is 1. The minimum Gasteiger partial charge on any atom is -0.384 e. The third-order valence-corrected chi connectivity index (χ3v) is 2.59. The van der Waals surface area contributed by atoms with Crippen molar-refractivity contribution < 1.29 is 27.5 Å². The standard InChI is InChI=1S/C14H13F4NO2/c1-19(7-6-14(16,17)18)13(21)11-5-4-10(3-2-8-20)9-12(11)15/h4-5,9,20H,6-8H2,1H3. The number of halogens is 4.